The molecule has 0 N–H and O–H groups in total. The molecule has 0 saturated heterocycles. The topological polar surface area (TPSA) is 20.3 Å². The second-order valence-corrected chi connectivity index (χ2v) is 5.66. The summed E-state index contributed by atoms with van der Waals surface area (Å²) in [6.07, 6.45) is 3.46. The molecule has 0 bridgehead atoms. The number of alkyl halides is 1. The SMILES string of the molecule is O=C(c1cc(F)c(Cl)cc1F)N(CCCCl)C1CCC1. The molecule has 0 spiro atoms. The van der Waals surface area contributed by atoms with Crippen LogP contribution in [0.3, 0.4) is 0 Å². The molecule has 110 valence electrons. The minimum absolute atomic E-state index is 0.101. The van der Waals surface area contributed by atoms with Crippen LogP contribution in [0.1, 0.15) is 36.0 Å². The molecular weight excluding hydrogens is 307 g/mol. The van der Waals surface area contributed by atoms with Crippen LogP contribution in [-0.2, 0) is 0 Å². The summed E-state index contributed by atoms with van der Waals surface area (Å²) in [7, 11) is 0. The molecule has 0 radical (unpaired) electrons. The molecular formula is C14H15Cl2F2NO. The zero-order valence-corrected chi connectivity index (χ0v) is 12.4. The van der Waals surface area contributed by atoms with Crippen molar-refractivity contribution < 1.29 is 13.6 Å². The molecule has 1 amide bonds. The van der Waals surface area contributed by atoms with Gasteiger partial charge in [-0.15, -0.1) is 11.6 Å². The lowest BCUT2D eigenvalue weighted by molar-refractivity contribution is 0.0575. The van der Waals surface area contributed by atoms with Gasteiger partial charge in [-0.1, -0.05) is 11.6 Å². The van der Waals surface area contributed by atoms with Crippen LogP contribution < -0.4 is 0 Å². The first-order valence-electron chi connectivity index (χ1n) is 6.56. The van der Waals surface area contributed by atoms with Crippen molar-refractivity contribution in [1.82, 2.24) is 4.90 Å². The zero-order chi connectivity index (χ0) is 14.7. The maximum absolute atomic E-state index is 13.8. The Hall–Kier alpha value is -0.870. The lowest BCUT2D eigenvalue weighted by Crippen LogP contribution is -2.45. The summed E-state index contributed by atoms with van der Waals surface area (Å²) in [5, 5.41) is -0.324. The Labute approximate surface area is 126 Å². The van der Waals surface area contributed by atoms with Crippen molar-refractivity contribution in [3.8, 4) is 0 Å². The third kappa shape index (κ3) is 3.23. The lowest BCUT2D eigenvalue weighted by Gasteiger charge is -2.37. The third-order valence-electron chi connectivity index (χ3n) is 3.55. The highest BCUT2D eigenvalue weighted by atomic mass is 35.5. The fraction of sp³-hybridized carbons (Fsp3) is 0.500. The lowest BCUT2D eigenvalue weighted by atomic mass is 9.90. The minimum atomic E-state index is -0.795. The summed E-state index contributed by atoms with van der Waals surface area (Å²) < 4.78 is 27.3. The van der Waals surface area contributed by atoms with E-state index in [0.717, 1.165) is 31.4 Å². The van der Waals surface area contributed by atoms with Crippen molar-refractivity contribution in [2.75, 3.05) is 12.4 Å². The summed E-state index contributed by atoms with van der Waals surface area (Å²) in [5.74, 6) is -1.65. The molecule has 2 nitrogen and oxygen atoms in total. The van der Waals surface area contributed by atoms with Crippen LogP contribution in [0.25, 0.3) is 0 Å². The molecule has 0 heterocycles. The Morgan fingerprint density at radius 2 is 2.00 bits per heavy atom. The van der Waals surface area contributed by atoms with E-state index in [0.29, 0.717) is 18.8 Å². The number of benzene rings is 1. The first-order valence-corrected chi connectivity index (χ1v) is 7.47. The Morgan fingerprint density at radius 3 is 2.55 bits per heavy atom. The van der Waals surface area contributed by atoms with Gasteiger partial charge in [0.25, 0.3) is 5.91 Å². The van der Waals surface area contributed by atoms with Gasteiger partial charge in [-0.25, -0.2) is 8.78 Å². The predicted octanol–water partition coefficient (Wildman–Crippen LogP) is 4.24. The Balaban J connectivity index is 2.24. The Morgan fingerprint density at radius 1 is 1.30 bits per heavy atom. The zero-order valence-electron chi connectivity index (χ0n) is 10.8. The summed E-state index contributed by atoms with van der Waals surface area (Å²) in [6.45, 7) is 0.455. The molecule has 0 atom stereocenters. The normalized spacial score (nSPS) is 15.0. The first kappa shape index (κ1) is 15.5. The van der Waals surface area contributed by atoms with Gasteiger partial charge in [0, 0.05) is 18.5 Å². The molecule has 1 aliphatic rings. The van der Waals surface area contributed by atoms with Gasteiger partial charge in [-0.3, -0.25) is 4.79 Å². The predicted molar refractivity (Wildman–Crippen MR) is 75.4 cm³/mol. The van der Waals surface area contributed by atoms with E-state index in [9.17, 15) is 13.6 Å². The average molecular weight is 322 g/mol. The molecule has 6 heteroatoms. The molecule has 1 aromatic rings. The fourth-order valence-corrected chi connectivity index (χ4v) is 2.49. The monoisotopic (exact) mass is 321 g/mol. The van der Waals surface area contributed by atoms with Crippen LogP contribution >= 0.6 is 23.2 Å². The number of carbonyl (C=O) groups excluding carboxylic acids is 1. The van der Waals surface area contributed by atoms with Gasteiger partial charge < -0.3 is 4.90 Å². The van der Waals surface area contributed by atoms with E-state index in [2.05, 4.69) is 0 Å². The molecule has 1 saturated carbocycles. The van der Waals surface area contributed by atoms with E-state index in [4.69, 9.17) is 23.2 Å². The van der Waals surface area contributed by atoms with Gasteiger partial charge in [0.05, 0.1) is 10.6 Å². The molecule has 0 unspecified atom stereocenters. The van der Waals surface area contributed by atoms with E-state index in [1.165, 1.54) is 0 Å². The Kier molecular flexibility index (Phi) is 5.22. The van der Waals surface area contributed by atoms with Crippen LogP contribution in [0.5, 0.6) is 0 Å². The number of hydrogen-bond donors (Lipinski definition) is 0. The van der Waals surface area contributed by atoms with Crippen molar-refractivity contribution in [3.63, 3.8) is 0 Å². The molecule has 20 heavy (non-hydrogen) atoms. The van der Waals surface area contributed by atoms with Crippen molar-refractivity contribution >= 4 is 29.1 Å². The minimum Gasteiger partial charge on any atom is -0.336 e. The fourth-order valence-electron chi connectivity index (χ4n) is 2.22. The summed E-state index contributed by atoms with van der Waals surface area (Å²) in [4.78, 5) is 14.0. The molecule has 2 rings (SSSR count). The largest absolute Gasteiger partial charge is 0.336 e. The summed E-state index contributed by atoms with van der Waals surface area (Å²) in [6, 6.07) is 1.81. The summed E-state index contributed by atoms with van der Waals surface area (Å²) in [5.41, 5.74) is -0.270. The van der Waals surface area contributed by atoms with Crippen molar-refractivity contribution in [2.45, 2.75) is 31.7 Å². The Bertz CT molecular complexity index is 506. The number of amides is 1. The van der Waals surface area contributed by atoms with Crippen molar-refractivity contribution in [2.24, 2.45) is 0 Å². The second-order valence-electron chi connectivity index (χ2n) is 4.87. The van der Waals surface area contributed by atoms with Crippen LogP contribution in [0, 0.1) is 11.6 Å². The second kappa shape index (κ2) is 6.72. The number of hydrogen-bond acceptors (Lipinski definition) is 1. The highest BCUT2D eigenvalue weighted by Gasteiger charge is 2.30. The van der Waals surface area contributed by atoms with Crippen LogP contribution in [-0.4, -0.2) is 29.3 Å². The average Bonchev–Trinajstić information content (AvgIpc) is 2.35. The highest BCUT2D eigenvalue weighted by Crippen LogP contribution is 2.28. The number of carbonyl (C=O) groups is 1. The maximum atomic E-state index is 13.8. The van der Waals surface area contributed by atoms with Gasteiger partial charge >= 0.3 is 0 Å². The quantitative estimate of drug-likeness (QED) is 0.586. The van der Waals surface area contributed by atoms with E-state index >= 15 is 0 Å². The first-order chi connectivity index (χ1) is 9.54. The maximum Gasteiger partial charge on any atom is 0.257 e. The van der Waals surface area contributed by atoms with Crippen molar-refractivity contribution in [1.29, 1.82) is 0 Å². The van der Waals surface area contributed by atoms with E-state index in [1.807, 2.05) is 0 Å². The highest BCUT2D eigenvalue weighted by molar-refractivity contribution is 6.30. The molecule has 1 aliphatic carbocycles. The van der Waals surface area contributed by atoms with Gasteiger partial charge in [0.1, 0.15) is 11.6 Å². The molecule has 0 aliphatic heterocycles. The van der Waals surface area contributed by atoms with Crippen LogP contribution in [0.2, 0.25) is 5.02 Å². The number of nitrogens with zero attached hydrogens (tertiary/aromatic N) is 1. The van der Waals surface area contributed by atoms with Crippen LogP contribution in [0.15, 0.2) is 12.1 Å². The number of rotatable bonds is 5. The molecule has 1 aromatic carbocycles. The smallest absolute Gasteiger partial charge is 0.257 e. The summed E-state index contributed by atoms with van der Waals surface area (Å²) >= 11 is 11.1. The van der Waals surface area contributed by atoms with E-state index in [-0.39, 0.29) is 16.6 Å². The molecule has 1 fully saturated rings. The molecule has 0 aromatic heterocycles. The van der Waals surface area contributed by atoms with Gasteiger partial charge in [0.15, 0.2) is 0 Å². The van der Waals surface area contributed by atoms with E-state index in [1.54, 1.807) is 4.90 Å². The van der Waals surface area contributed by atoms with Crippen LogP contribution in [0.4, 0.5) is 8.78 Å². The number of halogens is 4. The standard InChI is InChI=1S/C14H15Cl2F2NO/c15-5-2-6-19(9-3-1-4-9)14(20)10-7-13(18)11(16)8-12(10)17/h7-9H,1-6H2. The van der Waals surface area contributed by atoms with Gasteiger partial charge in [-0.05, 0) is 37.8 Å². The third-order valence-corrected chi connectivity index (χ3v) is 4.11. The van der Waals surface area contributed by atoms with Gasteiger partial charge in [-0.2, -0.15) is 0 Å². The van der Waals surface area contributed by atoms with E-state index < -0.39 is 17.5 Å². The van der Waals surface area contributed by atoms with Gasteiger partial charge in [0.2, 0.25) is 0 Å². The van der Waals surface area contributed by atoms with Crippen molar-refractivity contribution in [3.05, 3.63) is 34.4 Å².